The summed E-state index contributed by atoms with van der Waals surface area (Å²) in [5.41, 5.74) is 7.32. The highest BCUT2D eigenvalue weighted by Crippen LogP contribution is 2.39. The second-order valence-corrected chi connectivity index (χ2v) is 7.70. The zero-order chi connectivity index (χ0) is 20.1. The Kier molecular flexibility index (Phi) is 3.89. The van der Waals surface area contributed by atoms with E-state index in [1.54, 1.807) is 10.6 Å². The standard InChI is InChI=1S/C23H16N2O3S/c1-28-23(27)20-19(24)18-15-10-4-5-11-16(15)21(26)25(22(18)29-20)17-12-6-8-13-7-2-3-9-14(13)17/h2-12H,24H2,1H3. The summed E-state index contributed by atoms with van der Waals surface area (Å²) in [4.78, 5) is 26.8. The smallest absolute Gasteiger partial charge is 0.350 e. The molecule has 5 nitrogen and oxygen atoms in total. The Bertz CT molecular complexity index is 1490. The van der Waals surface area contributed by atoms with Gasteiger partial charge in [0.25, 0.3) is 5.56 Å². The highest BCUT2D eigenvalue weighted by atomic mass is 32.1. The Morgan fingerprint density at radius 2 is 1.59 bits per heavy atom. The SMILES string of the molecule is COC(=O)c1sc2c(c1N)c1ccccc1c(=O)n2-c1cccc2ccccc12. The molecule has 29 heavy (non-hydrogen) atoms. The van der Waals surface area contributed by atoms with Crippen LogP contribution in [0.15, 0.2) is 71.5 Å². The quantitative estimate of drug-likeness (QED) is 0.435. The topological polar surface area (TPSA) is 74.3 Å². The molecule has 0 radical (unpaired) electrons. The molecule has 142 valence electrons. The minimum Gasteiger partial charge on any atom is -0.465 e. The van der Waals surface area contributed by atoms with Crippen LogP contribution in [0.3, 0.4) is 0 Å². The Hall–Kier alpha value is -3.64. The molecule has 2 aromatic heterocycles. The number of esters is 1. The molecule has 6 heteroatoms. The molecule has 3 aromatic carbocycles. The van der Waals surface area contributed by atoms with E-state index in [-0.39, 0.29) is 5.56 Å². The van der Waals surface area contributed by atoms with Gasteiger partial charge in [-0.15, -0.1) is 11.3 Å². The first-order valence-electron chi connectivity index (χ1n) is 9.04. The van der Waals surface area contributed by atoms with E-state index in [1.165, 1.54) is 18.4 Å². The van der Waals surface area contributed by atoms with Gasteiger partial charge in [-0.3, -0.25) is 9.36 Å². The molecule has 0 bridgehead atoms. The molecule has 5 rings (SSSR count). The van der Waals surface area contributed by atoms with Gasteiger partial charge in [0.1, 0.15) is 9.71 Å². The monoisotopic (exact) mass is 400 g/mol. The van der Waals surface area contributed by atoms with Gasteiger partial charge in [0.15, 0.2) is 0 Å². The molecule has 0 unspecified atom stereocenters. The van der Waals surface area contributed by atoms with Crippen LogP contribution in [0.5, 0.6) is 0 Å². The van der Waals surface area contributed by atoms with Crippen molar-refractivity contribution in [2.75, 3.05) is 12.8 Å². The lowest BCUT2D eigenvalue weighted by atomic mass is 10.1. The maximum atomic E-state index is 13.6. The number of ether oxygens (including phenoxy) is 1. The summed E-state index contributed by atoms with van der Waals surface area (Å²) in [5, 5.41) is 3.94. The van der Waals surface area contributed by atoms with Gasteiger partial charge in [0, 0.05) is 16.2 Å². The number of rotatable bonds is 2. The zero-order valence-electron chi connectivity index (χ0n) is 15.5. The number of hydrogen-bond donors (Lipinski definition) is 1. The Labute approximate surface area is 169 Å². The maximum absolute atomic E-state index is 13.6. The lowest BCUT2D eigenvalue weighted by Crippen LogP contribution is -2.18. The number of thiophene rings is 1. The second-order valence-electron chi connectivity index (χ2n) is 6.70. The second kappa shape index (κ2) is 6.46. The Morgan fingerprint density at radius 1 is 0.931 bits per heavy atom. The summed E-state index contributed by atoms with van der Waals surface area (Å²) in [6.07, 6.45) is 0. The Morgan fingerprint density at radius 3 is 2.34 bits per heavy atom. The van der Waals surface area contributed by atoms with E-state index in [0.717, 1.165) is 21.8 Å². The number of nitrogens with two attached hydrogens (primary N) is 1. The van der Waals surface area contributed by atoms with Gasteiger partial charge in [0.2, 0.25) is 0 Å². The molecule has 2 heterocycles. The normalized spacial score (nSPS) is 11.3. The third-order valence-corrected chi connectivity index (χ3v) is 6.31. The molecule has 0 saturated heterocycles. The summed E-state index contributed by atoms with van der Waals surface area (Å²) in [7, 11) is 1.32. The molecule has 0 atom stereocenters. The van der Waals surface area contributed by atoms with Crippen molar-refractivity contribution in [1.82, 2.24) is 4.57 Å². The Balaban J connectivity index is 2.04. The maximum Gasteiger partial charge on any atom is 0.350 e. The molecule has 2 N–H and O–H groups in total. The van der Waals surface area contributed by atoms with Crippen LogP contribution >= 0.6 is 11.3 Å². The fourth-order valence-electron chi connectivity index (χ4n) is 3.82. The number of anilines is 1. The lowest BCUT2D eigenvalue weighted by molar-refractivity contribution is 0.0607. The number of methoxy groups -OCH3 is 1. The molecule has 0 spiro atoms. The van der Waals surface area contributed by atoms with Crippen molar-refractivity contribution >= 4 is 54.8 Å². The predicted molar refractivity (Wildman–Crippen MR) is 118 cm³/mol. The van der Waals surface area contributed by atoms with Gasteiger partial charge < -0.3 is 10.5 Å². The van der Waals surface area contributed by atoms with Gasteiger partial charge in [-0.05, 0) is 22.9 Å². The van der Waals surface area contributed by atoms with E-state index < -0.39 is 5.97 Å². The molecule has 0 fully saturated rings. The van der Waals surface area contributed by atoms with Crippen LogP contribution in [0.25, 0.3) is 37.4 Å². The van der Waals surface area contributed by atoms with Crippen LogP contribution in [0.4, 0.5) is 5.69 Å². The number of fused-ring (bicyclic) bond motifs is 4. The van der Waals surface area contributed by atoms with Crippen LogP contribution in [0.2, 0.25) is 0 Å². The molecule has 5 aromatic rings. The van der Waals surface area contributed by atoms with Crippen molar-refractivity contribution in [2.45, 2.75) is 0 Å². The average molecular weight is 400 g/mol. The first-order chi connectivity index (χ1) is 14.1. The number of benzene rings is 3. The van der Waals surface area contributed by atoms with E-state index in [4.69, 9.17) is 10.5 Å². The number of aromatic nitrogens is 1. The third-order valence-electron chi connectivity index (χ3n) is 5.14. The summed E-state index contributed by atoms with van der Waals surface area (Å²) in [6.45, 7) is 0. The molecular weight excluding hydrogens is 384 g/mol. The molecule has 0 aliphatic carbocycles. The minimum atomic E-state index is -0.510. The molecular formula is C23H16N2O3S. The number of carbonyl (C=O) groups excluding carboxylic acids is 1. The highest BCUT2D eigenvalue weighted by Gasteiger charge is 2.23. The third kappa shape index (κ3) is 2.46. The number of nitrogen functional groups attached to an aromatic ring is 1. The highest BCUT2D eigenvalue weighted by molar-refractivity contribution is 7.21. The van der Waals surface area contributed by atoms with Crippen molar-refractivity contribution in [2.24, 2.45) is 0 Å². The van der Waals surface area contributed by atoms with Crippen molar-refractivity contribution in [3.63, 3.8) is 0 Å². The van der Waals surface area contributed by atoms with E-state index >= 15 is 0 Å². The van der Waals surface area contributed by atoms with E-state index in [0.29, 0.717) is 26.2 Å². The molecule has 0 saturated carbocycles. The van der Waals surface area contributed by atoms with Gasteiger partial charge in [-0.2, -0.15) is 0 Å². The summed E-state index contributed by atoms with van der Waals surface area (Å²) in [5.74, 6) is -0.510. The van der Waals surface area contributed by atoms with Crippen molar-refractivity contribution in [3.8, 4) is 5.69 Å². The summed E-state index contributed by atoms with van der Waals surface area (Å²) < 4.78 is 6.57. The number of nitrogens with zero attached hydrogens (tertiary/aromatic N) is 1. The van der Waals surface area contributed by atoms with Gasteiger partial charge in [0.05, 0.1) is 18.5 Å². The molecule has 0 amide bonds. The number of carbonyl (C=O) groups is 1. The van der Waals surface area contributed by atoms with Gasteiger partial charge >= 0.3 is 5.97 Å². The van der Waals surface area contributed by atoms with Crippen LogP contribution in [-0.2, 0) is 4.74 Å². The summed E-state index contributed by atoms with van der Waals surface area (Å²) >= 11 is 1.18. The van der Waals surface area contributed by atoms with Crippen LogP contribution in [-0.4, -0.2) is 17.6 Å². The van der Waals surface area contributed by atoms with Crippen molar-refractivity contribution in [3.05, 3.63) is 82.0 Å². The van der Waals surface area contributed by atoms with Crippen LogP contribution in [0.1, 0.15) is 9.67 Å². The zero-order valence-corrected chi connectivity index (χ0v) is 16.3. The summed E-state index contributed by atoms with van der Waals surface area (Å²) in [6, 6.07) is 21.1. The van der Waals surface area contributed by atoms with Crippen molar-refractivity contribution in [1.29, 1.82) is 0 Å². The van der Waals surface area contributed by atoms with E-state index in [2.05, 4.69) is 0 Å². The average Bonchev–Trinajstić information content (AvgIpc) is 3.10. The van der Waals surface area contributed by atoms with E-state index in [1.807, 2.05) is 60.7 Å². The molecule has 0 aliphatic rings. The first kappa shape index (κ1) is 17.5. The van der Waals surface area contributed by atoms with Crippen molar-refractivity contribution < 1.29 is 9.53 Å². The first-order valence-corrected chi connectivity index (χ1v) is 9.85. The van der Waals surface area contributed by atoms with Crippen LogP contribution in [0, 0.1) is 0 Å². The van der Waals surface area contributed by atoms with E-state index in [9.17, 15) is 9.59 Å². The van der Waals surface area contributed by atoms with Gasteiger partial charge in [-0.25, -0.2) is 4.79 Å². The predicted octanol–water partition coefficient (Wildman–Crippen LogP) is 4.73. The largest absolute Gasteiger partial charge is 0.465 e. The van der Waals surface area contributed by atoms with Crippen LogP contribution < -0.4 is 11.3 Å². The molecule has 0 aliphatic heterocycles. The minimum absolute atomic E-state index is 0.151. The number of pyridine rings is 1. The fourth-order valence-corrected chi connectivity index (χ4v) is 4.98. The fraction of sp³-hybridized carbons (Fsp3) is 0.0435. The number of hydrogen-bond acceptors (Lipinski definition) is 5. The van der Waals surface area contributed by atoms with Gasteiger partial charge in [-0.1, -0.05) is 54.6 Å². The lowest BCUT2D eigenvalue weighted by Gasteiger charge is -2.13.